The van der Waals surface area contributed by atoms with Crippen molar-refractivity contribution in [3.8, 4) is 11.1 Å². The Morgan fingerprint density at radius 2 is 1.30 bits per heavy atom. The van der Waals surface area contributed by atoms with Gasteiger partial charge in [-0.3, -0.25) is 9.38 Å². The Bertz CT molecular complexity index is 2540. The molecule has 9 rings (SSSR count). The lowest BCUT2D eigenvalue weighted by molar-refractivity contribution is 1.11. The number of hydrogen-bond donors (Lipinski definition) is 0. The number of para-hydroxylation sites is 3. The summed E-state index contributed by atoms with van der Waals surface area (Å²) in [6.45, 7) is 2.17. The monoisotopic (exact) mass is 549 g/mol. The van der Waals surface area contributed by atoms with Crippen molar-refractivity contribution >= 4 is 60.0 Å². The van der Waals surface area contributed by atoms with E-state index in [1.165, 1.54) is 60.1 Å². The molecule has 3 aromatic heterocycles. The molecule has 0 aliphatic carbocycles. The van der Waals surface area contributed by atoms with Crippen molar-refractivity contribution in [2.24, 2.45) is 0 Å². The molecule has 0 N–H and O–H groups in total. The molecule has 0 fully saturated rings. The molecule has 3 heterocycles. The van der Waals surface area contributed by atoms with Crippen molar-refractivity contribution < 1.29 is 0 Å². The minimum Gasteiger partial charge on any atom is -0.292 e. The van der Waals surface area contributed by atoms with Gasteiger partial charge >= 0.3 is 0 Å². The minimum atomic E-state index is 0.750. The summed E-state index contributed by atoms with van der Waals surface area (Å²) in [7, 11) is 0. The molecule has 0 saturated carbocycles. The van der Waals surface area contributed by atoms with Crippen LogP contribution in [0.25, 0.3) is 71.2 Å². The summed E-state index contributed by atoms with van der Waals surface area (Å²) in [5, 5.41) is 7.38. The average Bonchev–Trinajstić information content (AvgIpc) is 3.45. The molecule has 6 aromatic carbocycles. The van der Waals surface area contributed by atoms with Gasteiger partial charge in [0.15, 0.2) is 0 Å². The van der Waals surface area contributed by atoms with Crippen LogP contribution in [0.4, 0.5) is 0 Å². The first-order valence-electron chi connectivity index (χ1n) is 14.8. The first kappa shape index (κ1) is 24.1. The third-order valence-corrected chi connectivity index (χ3v) is 8.84. The van der Waals surface area contributed by atoms with Crippen molar-refractivity contribution in [1.82, 2.24) is 14.4 Å². The largest absolute Gasteiger partial charge is 0.292 e. The lowest BCUT2D eigenvalue weighted by atomic mass is 9.93. The number of aryl methyl sites for hydroxylation is 1. The highest BCUT2D eigenvalue weighted by molar-refractivity contribution is 6.24. The Morgan fingerprint density at radius 1 is 0.535 bits per heavy atom. The van der Waals surface area contributed by atoms with E-state index >= 15 is 0 Å². The van der Waals surface area contributed by atoms with Crippen molar-refractivity contribution in [2.45, 2.75) is 13.3 Å². The van der Waals surface area contributed by atoms with Crippen LogP contribution in [0.5, 0.6) is 0 Å². The van der Waals surface area contributed by atoms with Crippen molar-refractivity contribution in [3.05, 3.63) is 150 Å². The Labute approximate surface area is 248 Å². The van der Waals surface area contributed by atoms with Crippen LogP contribution < -0.4 is 0 Å². The third-order valence-electron chi connectivity index (χ3n) is 8.84. The van der Waals surface area contributed by atoms with Crippen molar-refractivity contribution in [2.75, 3.05) is 0 Å². The predicted molar refractivity (Wildman–Crippen MR) is 180 cm³/mol. The molecule has 0 aliphatic rings. The highest BCUT2D eigenvalue weighted by Crippen LogP contribution is 2.38. The summed E-state index contributed by atoms with van der Waals surface area (Å²) in [6, 6.07) is 47.9. The van der Waals surface area contributed by atoms with Gasteiger partial charge in [0.05, 0.1) is 22.1 Å². The normalized spacial score (nSPS) is 11.9. The number of aromatic nitrogens is 3. The van der Waals surface area contributed by atoms with Crippen LogP contribution in [0, 0.1) is 6.92 Å². The van der Waals surface area contributed by atoms with Gasteiger partial charge in [-0.15, -0.1) is 0 Å². The van der Waals surface area contributed by atoms with Crippen molar-refractivity contribution in [1.29, 1.82) is 0 Å². The summed E-state index contributed by atoms with van der Waals surface area (Å²) in [5.41, 5.74) is 11.4. The van der Waals surface area contributed by atoms with Gasteiger partial charge < -0.3 is 0 Å². The van der Waals surface area contributed by atoms with E-state index in [-0.39, 0.29) is 0 Å². The van der Waals surface area contributed by atoms with Crippen molar-refractivity contribution in [3.63, 3.8) is 0 Å². The van der Waals surface area contributed by atoms with E-state index in [4.69, 9.17) is 9.97 Å². The maximum absolute atomic E-state index is 5.14. The number of hydrogen-bond acceptors (Lipinski definition) is 2. The highest BCUT2D eigenvalue weighted by Gasteiger charge is 2.17. The van der Waals surface area contributed by atoms with Crippen LogP contribution in [0.1, 0.15) is 16.8 Å². The number of pyridine rings is 2. The Balaban J connectivity index is 1.30. The molecule has 0 aliphatic heterocycles. The Morgan fingerprint density at radius 3 is 2.21 bits per heavy atom. The van der Waals surface area contributed by atoms with Crippen LogP contribution in [-0.4, -0.2) is 14.4 Å². The van der Waals surface area contributed by atoms with Gasteiger partial charge in [0.25, 0.3) is 0 Å². The van der Waals surface area contributed by atoms with Crippen LogP contribution in [0.15, 0.2) is 133 Å². The molecule has 0 spiro atoms. The second kappa shape index (κ2) is 9.23. The molecule has 9 aromatic rings. The molecule has 0 radical (unpaired) electrons. The van der Waals surface area contributed by atoms with E-state index in [0.717, 1.165) is 34.3 Å². The van der Waals surface area contributed by atoms with Gasteiger partial charge in [0.1, 0.15) is 5.65 Å². The first-order chi connectivity index (χ1) is 21.2. The number of imidazole rings is 1. The Kier molecular flexibility index (Phi) is 5.17. The van der Waals surface area contributed by atoms with E-state index in [1.54, 1.807) is 0 Å². The molecule has 0 bridgehead atoms. The zero-order valence-electron chi connectivity index (χ0n) is 23.8. The fourth-order valence-electron chi connectivity index (χ4n) is 6.92. The third kappa shape index (κ3) is 3.68. The minimum absolute atomic E-state index is 0.750. The van der Waals surface area contributed by atoms with Gasteiger partial charge in [-0.25, -0.2) is 4.98 Å². The second-order valence-corrected chi connectivity index (χ2v) is 11.5. The predicted octanol–water partition coefficient (Wildman–Crippen LogP) is 10.1. The summed E-state index contributed by atoms with van der Waals surface area (Å²) in [4.78, 5) is 10.3. The number of benzene rings is 6. The molecule has 3 heteroatoms. The van der Waals surface area contributed by atoms with Gasteiger partial charge in [0.2, 0.25) is 0 Å². The standard InChI is InChI=1S/C40H27N3/c1-25-18-21-37-34(22-25)39-31-14-9-12-27(29(31)19-20-32(39)40-42-36-16-7-8-17-38(36)43(37)40)23-28-24-33(26-10-3-2-4-11-26)30-13-5-6-15-35(30)41-28/h2-22,24H,23H2,1H3. The van der Waals surface area contributed by atoms with Gasteiger partial charge in [-0.05, 0) is 76.9 Å². The lowest BCUT2D eigenvalue weighted by Crippen LogP contribution is -1.97. The second-order valence-electron chi connectivity index (χ2n) is 11.5. The molecule has 3 nitrogen and oxygen atoms in total. The summed E-state index contributed by atoms with van der Waals surface area (Å²) < 4.78 is 2.33. The molecule has 0 atom stereocenters. The van der Waals surface area contributed by atoms with E-state index in [1.807, 2.05) is 0 Å². The SMILES string of the molecule is Cc1ccc2c(c1)c1c3cccc(Cc4cc(-c5ccccc5)c5ccccc5n4)c3ccc1c1nc3ccccc3n21. The lowest BCUT2D eigenvalue weighted by Gasteiger charge is -2.15. The molecule has 0 unspecified atom stereocenters. The molecular formula is C40H27N3. The maximum Gasteiger partial charge on any atom is 0.146 e. The highest BCUT2D eigenvalue weighted by atomic mass is 15.0. The van der Waals surface area contributed by atoms with Crippen LogP contribution >= 0.6 is 0 Å². The summed E-state index contributed by atoms with van der Waals surface area (Å²) in [5.74, 6) is 0. The first-order valence-corrected chi connectivity index (χ1v) is 14.8. The fourth-order valence-corrected chi connectivity index (χ4v) is 6.92. The summed E-state index contributed by atoms with van der Waals surface area (Å²) in [6.07, 6.45) is 0.750. The smallest absolute Gasteiger partial charge is 0.146 e. The van der Waals surface area contributed by atoms with E-state index in [2.05, 4.69) is 145 Å². The van der Waals surface area contributed by atoms with Crippen LogP contribution in [0.2, 0.25) is 0 Å². The summed E-state index contributed by atoms with van der Waals surface area (Å²) >= 11 is 0. The topological polar surface area (TPSA) is 30.2 Å². The fraction of sp³-hybridized carbons (Fsp3) is 0.0500. The van der Waals surface area contributed by atoms with Gasteiger partial charge in [0, 0.05) is 33.7 Å². The Hall–Kier alpha value is -5.54. The van der Waals surface area contributed by atoms with Gasteiger partial charge in [-0.1, -0.05) is 96.6 Å². The molecule has 0 amide bonds. The van der Waals surface area contributed by atoms with Crippen LogP contribution in [0.3, 0.4) is 0 Å². The molecular weight excluding hydrogens is 522 g/mol. The quantitative estimate of drug-likeness (QED) is 0.205. The van der Waals surface area contributed by atoms with E-state index < -0.39 is 0 Å². The zero-order valence-corrected chi connectivity index (χ0v) is 23.8. The van der Waals surface area contributed by atoms with Gasteiger partial charge in [-0.2, -0.15) is 0 Å². The number of nitrogens with zero attached hydrogens (tertiary/aromatic N) is 3. The number of fused-ring (bicyclic) bond motifs is 11. The maximum atomic E-state index is 5.14. The molecule has 202 valence electrons. The zero-order chi connectivity index (χ0) is 28.5. The average molecular weight is 550 g/mol. The molecule has 43 heavy (non-hydrogen) atoms. The van der Waals surface area contributed by atoms with Crippen LogP contribution in [-0.2, 0) is 6.42 Å². The number of rotatable bonds is 3. The van der Waals surface area contributed by atoms with E-state index in [0.29, 0.717) is 0 Å². The molecule has 0 saturated heterocycles. The van der Waals surface area contributed by atoms with E-state index in [9.17, 15) is 0 Å².